The number of hydrogen-bond acceptors (Lipinski definition) is 3. The van der Waals surface area contributed by atoms with Crippen molar-refractivity contribution in [2.45, 2.75) is 32.2 Å². The Labute approximate surface area is 139 Å². The molecule has 0 atom stereocenters. The van der Waals surface area contributed by atoms with Crippen LogP contribution in [0.25, 0.3) is 10.2 Å². The number of hydrogen-bond donors (Lipinski definition) is 0. The normalized spacial score (nSPS) is 12.9. The maximum absolute atomic E-state index is 12.5. The van der Waals surface area contributed by atoms with Crippen molar-refractivity contribution < 1.29 is 8.42 Å². The van der Waals surface area contributed by atoms with Crippen molar-refractivity contribution in [3.05, 3.63) is 58.4 Å². The van der Waals surface area contributed by atoms with Gasteiger partial charge in [-0.25, -0.2) is 0 Å². The number of aryl methyl sites for hydroxylation is 3. The number of rotatable bonds is 3. The van der Waals surface area contributed by atoms with Crippen LogP contribution in [0.2, 0.25) is 0 Å². The highest BCUT2D eigenvalue weighted by atomic mass is 32.2. The third-order valence-electron chi connectivity index (χ3n) is 3.67. The van der Waals surface area contributed by atoms with Crippen molar-refractivity contribution in [1.82, 2.24) is 4.57 Å². The number of thiazole rings is 1. The highest BCUT2D eigenvalue weighted by molar-refractivity contribution is 7.90. The van der Waals surface area contributed by atoms with Crippen LogP contribution in [0.4, 0.5) is 0 Å². The van der Waals surface area contributed by atoms with E-state index in [9.17, 15) is 8.42 Å². The fraction of sp³-hybridized carbons (Fsp3) is 0.235. The molecule has 0 aliphatic rings. The number of sulfonamides is 1. The molecule has 1 aromatic heterocycles. The third-order valence-corrected chi connectivity index (χ3v) is 6.30. The molecule has 0 aliphatic carbocycles. The van der Waals surface area contributed by atoms with Crippen molar-refractivity contribution >= 4 is 31.6 Å². The van der Waals surface area contributed by atoms with Gasteiger partial charge in [0.25, 0.3) is 10.0 Å². The average Bonchev–Trinajstić information content (AvgIpc) is 2.85. The zero-order valence-corrected chi connectivity index (χ0v) is 14.9. The number of nitrogens with zero attached hydrogens (tertiary/aromatic N) is 2. The summed E-state index contributed by atoms with van der Waals surface area (Å²) < 4.78 is 32.2. The number of aromatic nitrogens is 1. The largest absolute Gasteiger partial charge is 0.316 e. The van der Waals surface area contributed by atoms with Gasteiger partial charge in [0, 0.05) is 6.54 Å². The van der Waals surface area contributed by atoms with Crippen molar-refractivity contribution in [3.63, 3.8) is 0 Å². The van der Waals surface area contributed by atoms with Gasteiger partial charge in [-0.2, -0.15) is 8.42 Å². The molecule has 23 heavy (non-hydrogen) atoms. The fourth-order valence-electron chi connectivity index (χ4n) is 2.64. The van der Waals surface area contributed by atoms with E-state index in [-0.39, 0.29) is 4.90 Å². The lowest BCUT2D eigenvalue weighted by Crippen LogP contribution is -2.16. The van der Waals surface area contributed by atoms with E-state index in [1.165, 1.54) is 11.3 Å². The summed E-state index contributed by atoms with van der Waals surface area (Å²) in [6.45, 7) is 6.76. The number of benzene rings is 2. The Morgan fingerprint density at radius 2 is 1.83 bits per heavy atom. The summed E-state index contributed by atoms with van der Waals surface area (Å²) in [4.78, 5) is 0.730. The van der Waals surface area contributed by atoms with Crippen LogP contribution >= 0.6 is 11.3 Å². The Balaban J connectivity index is 2.30. The predicted octanol–water partition coefficient (Wildman–Crippen LogP) is 3.63. The van der Waals surface area contributed by atoms with Crippen LogP contribution in [0.5, 0.6) is 0 Å². The molecule has 0 saturated carbocycles. The summed E-state index contributed by atoms with van der Waals surface area (Å²) in [6.07, 6.45) is 0. The first-order valence-corrected chi connectivity index (χ1v) is 9.64. The summed E-state index contributed by atoms with van der Waals surface area (Å²) in [6, 6.07) is 12.5. The highest BCUT2D eigenvalue weighted by Gasteiger charge is 2.14. The minimum Gasteiger partial charge on any atom is -0.316 e. The van der Waals surface area contributed by atoms with Gasteiger partial charge in [0.2, 0.25) is 4.80 Å². The molecule has 0 radical (unpaired) electrons. The topological polar surface area (TPSA) is 51.4 Å². The average molecular weight is 346 g/mol. The molecule has 0 N–H and O–H groups in total. The second kappa shape index (κ2) is 5.94. The molecule has 6 heteroatoms. The summed E-state index contributed by atoms with van der Waals surface area (Å²) >= 11 is 1.42. The molecule has 4 nitrogen and oxygen atoms in total. The zero-order valence-electron chi connectivity index (χ0n) is 13.3. The summed E-state index contributed by atoms with van der Waals surface area (Å²) in [5.74, 6) is 0. The summed E-state index contributed by atoms with van der Waals surface area (Å²) in [5, 5.41) is 0. The Bertz CT molecular complexity index is 1030. The smallest absolute Gasteiger partial charge is 0.285 e. The van der Waals surface area contributed by atoms with Crippen LogP contribution in [0, 0.1) is 13.8 Å². The second-order valence-electron chi connectivity index (χ2n) is 5.44. The Morgan fingerprint density at radius 1 is 1.13 bits per heavy atom. The van der Waals surface area contributed by atoms with E-state index in [0.717, 1.165) is 21.3 Å². The van der Waals surface area contributed by atoms with Crippen LogP contribution in [-0.4, -0.2) is 13.0 Å². The Hall–Kier alpha value is -1.92. The molecule has 0 bridgehead atoms. The summed E-state index contributed by atoms with van der Waals surface area (Å²) in [7, 11) is -3.70. The van der Waals surface area contributed by atoms with Crippen LogP contribution < -0.4 is 4.80 Å². The quantitative estimate of drug-likeness (QED) is 0.727. The van der Waals surface area contributed by atoms with E-state index >= 15 is 0 Å². The molecule has 0 amide bonds. The lowest BCUT2D eigenvalue weighted by atomic mass is 10.1. The number of fused-ring (bicyclic) bond motifs is 1. The van der Waals surface area contributed by atoms with Crippen LogP contribution in [0.3, 0.4) is 0 Å². The van der Waals surface area contributed by atoms with Gasteiger partial charge in [-0.3, -0.25) is 0 Å². The van der Waals surface area contributed by atoms with Gasteiger partial charge in [-0.05, 0) is 50.1 Å². The molecule has 0 aliphatic heterocycles. The van der Waals surface area contributed by atoms with Gasteiger partial charge < -0.3 is 4.57 Å². The predicted molar refractivity (Wildman–Crippen MR) is 94.2 cm³/mol. The first-order valence-electron chi connectivity index (χ1n) is 7.39. The van der Waals surface area contributed by atoms with Gasteiger partial charge in [0.15, 0.2) is 0 Å². The third kappa shape index (κ3) is 2.96. The van der Waals surface area contributed by atoms with E-state index in [4.69, 9.17) is 0 Å². The van der Waals surface area contributed by atoms with Gasteiger partial charge in [0.1, 0.15) is 0 Å². The summed E-state index contributed by atoms with van der Waals surface area (Å²) in [5.41, 5.74) is 3.34. The molecule has 2 aromatic carbocycles. The van der Waals surface area contributed by atoms with Crippen molar-refractivity contribution in [2.75, 3.05) is 0 Å². The van der Waals surface area contributed by atoms with Crippen LogP contribution in [0.15, 0.2) is 51.8 Å². The minimum absolute atomic E-state index is 0.216. The van der Waals surface area contributed by atoms with Crippen molar-refractivity contribution in [1.29, 1.82) is 0 Å². The van der Waals surface area contributed by atoms with Gasteiger partial charge in [-0.1, -0.05) is 35.6 Å². The van der Waals surface area contributed by atoms with Gasteiger partial charge in [-0.15, -0.1) is 4.40 Å². The monoisotopic (exact) mass is 346 g/mol. The van der Waals surface area contributed by atoms with E-state index < -0.39 is 10.0 Å². The second-order valence-corrected chi connectivity index (χ2v) is 8.02. The maximum Gasteiger partial charge on any atom is 0.285 e. The molecular weight excluding hydrogens is 328 g/mol. The zero-order chi connectivity index (χ0) is 16.6. The molecule has 0 spiro atoms. The lowest BCUT2D eigenvalue weighted by Gasteiger charge is -2.03. The van der Waals surface area contributed by atoms with E-state index in [1.807, 2.05) is 25.3 Å². The molecule has 3 aromatic rings. The first kappa shape index (κ1) is 16.0. The molecule has 0 fully saturated rings. The Kier molecular flexibility index (Phi) is 4.12. The minimum atomic E-state index is -3.70. The van der Waals surface area contributed by atoms with Crippen LogP contribution in [-0.2, 0) is 16.6 Å². The van der Waals surface area contributed by atoms with E-state index in [0.29, 0.717) is 11.3 Å². The molecule has 0 saturated heterocycles. The van der Waals surface area contributed by atoms with Crippen molar-refractivity contribution in [3.8, 4) is 0 Å². The van der Waals surface area contributed by atoms with Gasteiger partial charge >= 0.3 is 0 Å². The van der Waals surface area contributed by atoms with E-state index in [2.05, 4.69) is 16.5 Å². The van der Waals surface area contributed by atoms with E-state index in [1.54, 1.807) is 30.3 Å². The highest BCUT2D eigenvalue weighted by Crippen LogP contribution is 2.24. The molecule has 3 rings (SSSR count). The molecule has 120 valence electrons. The lowest BCUT2D eigenvalue weighted by molar-refractivity contribution is 0.595. The molecular formula is C17H18N2O2S2. The SMILES string of the molecule is CCn1/c(=N/S(=O)(=O)c2ccccc2)sc2c(C)cc(C)cc21. The van der Waals surface area contributed by atoms with Crippen LogP contribution in [0.1, 0.15) is 18.1 Å². The first-order chi connectivity index (χ1) is 10.9. The molecule has 0 unspecified atom stereocenters. The van der Waals surface area contributed by atoms with Crippen molar-refractivity contribution in [2.24, 2.45) is 4.40 Å². The standard InChI is InChI=1S/C17H18N2O2S2/c1-4-19-15-11-12(2)10-13(3)16(15)22-17(19)18-23(20,21)14-8-6-5-7-9-14/h5-11H,4H2,1-3H3/b18-17-. The van der Waals surface area contributed by atoms with Gasteiger partial charge in [0.05, 0.1) is 15.1 Å². The fourth-order valence-corrected chi connectivity index (χ4v) is 5.00. The Morgan fingerprint density at radius 3 is 2.48 bits per heavy atom. The molecule has 1 heterocycles. The maximum atomic E-state index is 12.5.